The van der Waals surface area contributed by atoms with Crippen LogP contribution in [0.4, 0.5) is 0 Å². The van der Waals surface area contributed by atoms with Gasteiger partial charge < -0.3 is 19.7 Å². The summed E-state index contributed by atoms with van der Waals surface area (Å²) < 4.78 is 5.70. The first-order chi connectivity index (χ1) is 8.96. The maximum Gasteiger partial charge on any atom is 0.130 e. The lowest BCUT2D eigenvalue weighted by Gasteiger charge is -2.43. The monoisotopic (exact) mass is 273 g/mol. The summed E-state index contributed by atoms with van der Waals surface area (Å²) in [5.74, 6) is -0.372. The van der Waals surface area contributed by atoms with E-state index in [9.17, 15) is 19.9 Å². The van der Waals surface area contributed by atoms with Crippen molar-refractivity contribution in [3.05, 3.63) is 4.91 Å². The third-order valence-corrected chi connectivity index (χ3v) is 3.95. The average molecular weight is 273 g/mol. The second-order valence-electron chi connectivity index (χ2n) is 5.36. The van der Waals surface area contributed by atoms with Crippen molar-refractivity contribution in [2.24, 2.45) is 17.0 Å². The van der Waals surface area contributed by atoms with Crippen LogP contribution in [0, 0.1) is 16.7 Å². The van der Waals surface area contributed by atoms with E-state index in [4.69, 9.17) is 4.74 Å². The van der Waals surface area contributed by atoms with Crippen molar-refractivity contribution in [1.82, 2.24) is 0 Å². The van der Waals surface area contributed by atoms with Gasteiger partial charge in [-0.3, -0.25) is 0 Å². The Bertz CT molecular complexity index is 322. The SMILES string of the molecule is CCC(C)C1OC(CO)C(O)C(N=O)C1CC(C)=O. The fourth-order valence-electron chi connectivity index (χ4n) is 2.70. The number of carbonyl (C=O) groups excluding carboxylic acids is 1. The van der Waals surface area contributed by atoms with E-state index in [1.165, 1.54) is 6.92 Å². The molecule has 0 amide bonds. The first-order valence-corrected chi connectivity index (χ1v) is 6.72. The molecule has 0 aromatic heterocycles. The Hall–Kier alpha value is -0.850. The zero-order valence-corrected chi connectivity index (χ0v) is 11.7. The molecule has 19 heavy (non-hydrogen) atoms. The van der Waals surface area contributed by atoms with E-state index in [2.05, 4.69) is 5.18 Å². The number of nitrogens with zero attached hydrogens (tertiary/aromatic N) is 1. The first kappa shape index (κ1) is 16.2. The predicted molar refractivity (Wildman–Crippen MR) is 69.6 cm³/mol. The van der Waals surface area contributed by atoms with Gasteiger partial charge in [0.25, 0.3) is 0 Å². The molecular formula is C13H23NO5. The van der Waals surface area contributed by atoms with Gasteiger partial charge in [0.05, 0.1) is 12.7 Å². The van der Waals surface area contributed by atoms with Gasteiger partial charge in [-0.1, -0.05) is 25.4 Å². The maximum atomic E-state index is 11.4. The van der Waals surface area contributed by atoms with Gasteiger partial charge in [-0.2, -0.15) is 4.91 Å². The fraction of sp³-hybridized carbons (Fsp3) is 0.923. The molecule has 6 atom stereocenters. The molecule has 0 aliphatic carbocycles. The second-order valence-corrected chi connectivity index (χ2v) is 5.36. The maximum absolute atomic E-state index is 11.4. The van der Waals surface area contributed by atoms with E-state index in [0.29, 0.717) is 0 Å². The summed E-state index contributed by atoms with van der Waals surface area (Å²) in [6.45, 7) is 5.03. The van der Waals surface area contributed by atoms with E-state index in [0.717, 1.165) is 6.42 Å². The normalized spacial score (nSPS) is 36.8. The molecule has 0 bridgehead atoms. The number of hydrogen-bond acceptors (Lipinski definition) is 6. The number of aliphatic hydroxyl groups excluding tert-OH is 2. The fourth-order valence-corrected chi connectivity index (χ4v) is 2.70. The van der Waals surface area contributed by atoms with Crippen molar-refractivity contribution in [3.8, 4) is 0 Å². The lowest BCUT2D eigenvalue weighted by molar-refractivity contribution is -0.183. The molecule has 110 valence electrons. The topological polar surface area (TPSA) is 96.2 Å². The molecule has 1 saturated heterocycles. The summed E-state index contributed by atoms with van der Waals surface area (Å²) >= 11 is 0. The van der Waals surface area contributed by atoms with Crippen LogP contribution < -0.4 is 0 Å². The third kappa shape index (κ3) is 3.58. The molecule has 0 spiro atoms. The molecule has 0 saturated carbocycles. The highest BCUT2D eigenvalue weighted by molar-refractivity contribution is 5.75. The summed E-state index contributed by atoms with van der Waals surface area (Å²) in [7, 11) is 0. The van der Waals surface area contributed by atoms with Crippen molar-refractivity contribution in [1.29, 1.82) is 0 Å². The molecule has 2 N–H and O–H groups in total. The molecule has 0 aromatic carbocycles. The lowest BCUT2D eigenvalue weighted by Crippen LogP contribution is -2.56. The third-order valence-electron chi connectivity index (χ3n) is 3.95. The average Bonchev–Trinajstić information content (AvgIpc) is 2.38. The summed E-state index contributed by atoms with van der Waals surface area (Å²) in [5, 5.41) is 22.2. The number of aliphatic hydroxyl groups is 2. The van der Waals surface area contributed by atoms with E-state index in [1.54, 1.807) is 0 Å². The highest BCUT2D eigenvalue weighted by Gasteiger charge is 2.47. The molecule has 1 heterocycles. The zero-order chi connectivity index (χ0) is 14.6. The van der Waals surface area contributed by atoms with Gasteiger partial charge >= 0.3 is 0 Å². The molecule has 6 unspecified atom stereocenters. The molecular weight excluding hydrogens is 250 g/mol. The predicted octanol–water partition coefficient (Wildman–Crippen LogP) is 0.883. The molecule has 6 heteroatoms. The van der Waals surface area contributed by atoms with Crippen LogP contribution in [0.2, 0.25) is 0 Å². The number of ether oxygens (including phenoxy) is 1. The van der Waals surface area contributed by atoms with Crippen LogP contribution in [0.25, 0.3) is 0 Å². The van der Waals surface area contributed by atoms with Crippen molar-refractivity contribution < 1.29 is 19.7 Å². The Morgan fingerprint density at radius 1 is 1.47 bits per heavy atom. The van der Waals surface area contributed by atoms with Crippen molar-refractivity contribution in [3.63, 3.8) is 0 Å². The van der Waals surface area contributed by atoms with Gasteiger partial charge in [-0.15, -0.1) is 0 Å². The van der Waals surface area contributed by atoms with Crippen LogP contribution in [-0.4, -0.2) is 47.0 Å². The van der Waals surface area contributed by atoms with Crippen LogP contribution in [0.15, 0.2) is 5.18 Å². The van der Waals surface area contributed by atoms with Gasteiger partial charge in [0.2, 0.25) is 0 Å². The highest BCUT2D eigenvalue weighted by atomic mass is 16.5. The van der Waals surface area contributed by atoms with Gasteiger partial charge in [-0.25, -0.2) is 0 Å². The number of nitroso groups, excluding NO2 is 1. The Labute approximate surface area is 113 Å². The number of ketones is 1. The highest BCUT2D eigenvalue weighted by Crippen LogP contribution is 2.35. The van der Waals surface area contributed by atoms with Gasteiger partial charge in [0.1, 0.15) is 24.0 Å². The Kier molecular flexibility index (Phi) is 6.03. The molecule has 1 rings (SSSR count). The van der Waals surface area contributed by atoms with Gasteiger partial charge in [0, 0.05) is 12.3 Å². The number of rotatable bonds is 6. The lowest BCUT2D eigenvalue weighted by atomic mass is 9.77. The minimum Gasteiger partial charge on any atom is -0.394 e. The Morgan fingerprint density at radius 2 is 2.11 bits per heavy atom. The smallest absolute Gasteiger partial charge is 0.130 e. The Balaban J connectivity index is 3.01. The van der Waals surface area contributed by atoms with Gasteiger partial charge in [-0.05, 0) is 12.8 Å². The zero-order valence-electron chi connectivity index (χ0n) is 11.7. The number of hydrogen-bond donors (Lipinski definition) is 2. The minimum atomic E-state index is -1.16. The molecule has 1 fully saturated rings. The van der Waals surface area contributed by atoms with Crippen LogP contribution in [0.1, 0.15) is 33.6 Å². The first-order valence-electron chi connectivity index (χ1n) is 6.72. The standard InChI is InChI=1S/C13H23NO5/c1-4-7(2)13-9(5-8(3)16)11(14-18)12(17)10(6-15)19-13/h7,9-13,15,17H,4-6H2,1-3H3. The number of Topliss-reactive ketones (excluding diaryl/α,β-unsaturated/α-hetero) is 1. The van der Waals surface area contributed by atoms with E-state index in [-0.39, 0.29) is 30.8 Å². The molecule has 6 nitrogen and oxygen atoms in total. The summed E-state index contributed by atoms with van der Waals surface area (Å²) in [4.78, 5) is 22.4. The largest absolute Gasteiger partial charge is 0.394 e. The van der Waals surface area contributed by atoms with Crippen molar-refractivity contribution in [2.75, 3.05) is 6.61 Å². The van der Waals surface area contributed by atoms with Crippen LogP contribution in [-0.2, 0) is 9.53 Å². The minimum absolute atomic E-state index is 0.0646. The van der Waals surface area contributed by atoms with Crippen molar-refractivity contribution >= 4 is 5.78 Å². The molecule has 1 aliphatic heterocycles. The summed E-state index contributed by atoms with van der Waals surface area (Å²) in [5.41, 5.74) is 0. The molecule has 0 radical (unpaired) electrons. The molecule has 0 aromatic rings. The van der Waals surface area contributed by atoms with Crippen LogP contribution >= 0.6 is 0 Å². The summed E-state index contributed by atoms with van der Waals surface area (Å²) in [6.07, 6.45) is -1.35. The quantitative estimate of drug-likeness (QED) is 0.700. The van der Waals surface area contributed by atoms with E-state index >= 15 is 0 Å². The van der Waals surface area contributed by atoms with E-state index < -0.39 is 24.2 Å². The molecule has 1 aliphatic rings. The van der Waals surface area contributed by atoms with E-state index in [1.807, 2.05) is 13.8 Å². The van der Waals surface area contributed by atoms with Crippen LogP contribution in [0.3, 0.4) is 0 Å². The second kappa shape index (κ2) is 7.07. The van der Waals surface area contributed by atoms with Crippen LogP contribution in [0.5, 0.6) is 0 Å². The van der Waals surface area contributed by atoms with Gasteiger partial charge in [0.15, 0.2) is 0 Å². The Morgan fingerprint density at radius 3 is 2.53 bits per heavy atom. The van der Waals surface area contributed by atoms with Crippen molar-refractivity contribution in [2.45, 2.75) is 58.0 Å². The number of carbonyl (C=O) groups is 1. The summed E-state index contributed by atoms with van der Waals surface area (Å²) in [6, 6.07) is -0.909.